The van der Waals surface area contributed by atoms with E-state index in [2.05, 4.69) is 5.32 Å². The molecule has 3 rings (SSSR count). The maximum Gasteiger partial charge on any atom is 0.408 e. The summed E-state index contributed by atoms with van der Waals surface area (Å²) in [6.07, 6.45) is -0.306. The SMILES string of the molecule is Cc1ccc([C@H]2[C@H](S(=O)(=O)c3ccccc3)[C@@]2(C=O)NC(=O)OC(C)(C)C)cc1. The number of aryl methyl sites for hydroxylation is 1. The smallest absolute Gasteiger partial charge is 0.408 e. The highest BCUT2D eigenvalue weighted by atomic mass is 32.2. The van der Waals surface area contributed by atoms with Crippen molar-refractivity contribution in [1.82, 2.24) is 5.32 Å². The van der Waals surface area contributed by atoms with E-state index in [0.29, 0.717) is 11.8 Å². The molecule has 0 aliphatic heterocycles. The molecule has 0 heterocycles. The number of benzene rings is 2. The van der Waals surface area contributed by atoms with Gasteiger partial charge in [0.2, 0.25) is 0 Å². The van der Waals surface area contributed by atoms with Crippen molar-refractivity contribution in [3.8, 4) is 0 Å². The normalized spacial score (nSPS) is 23.9. The van der Waals surface area contributed by atoms with Crippen LogP contribution in [-0.2, 0) is 19.4 Å². The first-order valence-corrected chi connectivity index (χ1v) is 10.9. The van der Waals surface area contributed by atoms with Crippen LogP contribution in [0, 0.1) is 6.92 Å². The van der Waals surface area contributed by atoms with E-state index in [1.807, 2.05) is 19.1 Å². The van der Waals surface area contributed by atoms with Crippen LogP contribution < -0.4 is 5.32 Å². The van der Waals surface area contributed by atoms with E-state index in [4.69, 9.17) is 4.74 Å². The number of carbonyl (C=O) groups is 2. The Hall–Kier alpha value is -2.67. The standard InChI is InChI=1S/C22H25NO5S/c1-15-10-12-16(13-11-15)18-19(29(26,27)17-8-6-5-7-9-17)22(18,14-24)23-20(25)28-21(2,3)4/h5-14,18-19H,1-4H3,(H,23,25)/t18-,19-,22-/m0/s1. The summed E-state index contributed by atoms with van der Waals surface area (Å²) >= 11 is 0. The molecule has 1 aliphatic rings. The summed E-state index contributed by atoms with van der Waals surface area (Å²) in [5.74, 6) is -0.710. The van der Waals surface area contributed by atoms with Crippen LogP contribution in [0.3, 0.4) is 0 Å². The number of hydrogen-bond acceptors (Lipinski definition) is 5. The van der Waals surface area contributed by atoms with Crippen LogP contribution in [0.1, 0.15) is 37.8 Å². The molecule has 1 N–H and O–H groups in total. The quantitative estimate of drug-likeness (QED) is 0.756. The second-order valence-electron chi connectivity index (χ2n) is 8.34. The highest BCUT2D eigenvalue weighted by molar-refractivity contribution is 7.92. The molecule has 1 aliphatic carbocycles. The number of rotatable bonds is 5. The zero-order chi connectivity index (χ0) is 21.4. The van der Waals surface area contributed by atoms with Gasteiger partial charge in [-0.2, -0.15) is 0 Å². The van der Waals surface area contributed by atoms with Gasteiger partial charge in [-0.3, -0.25) is 0 Å². The molecule has 29 heavy (non-hydrogen) atoms. The van der Waals surface area contributed by atoms with Crippen LogP contribution in [0.5, 0.6) is 0 Å². The van der Waals surface area contributed by atoms with Gasteiger partial charge in [-0.15, -0.1) is 0 Å². The van der Waals surface area contributed by atoms with Gasteiger partial charge in [0, 0.05) is 5.92 Å². The molecule has 0 aromatic heterocycles. The van der Waals surface area contributed by atoms with Crippen LogP contribution in [0.25, 0.3) is 0 Å². The van der Waals surface area contributed by atoms with Crippen LogP contribution in [0.15, 0.2) is 59.5 Å². The molecule has 0 unspecified atom stereocenters. The van der Waals surface area contributed by atoms with E-state index in [9.17, 15) is 18.0 Å². The van der Waals surface area contributed by atoms with Crippen molar-refractivity contribution >= 4 is 22.2 Å². The number of aldehydes is 1. The lowest BCUT2D eigenvalue weighted by Gasteiger charge is -2.22. The van der Waals surface area contributed by atoms with Gasteiger partial charge in [0.1, 0.15) is 22.7 Å². The topological polar surface area (TPSA) is 89.5 Å². The summed E-state index contributed by atoms with van der Waals surface area (Å²) < 4.78 is 32.0. The Labute approximate surface area is 171 Å². The second-order valence-corrected chi connectivity index (χ2v) is 10.4. The Balaban J connectivity index is 2.04. The molecule has 6 nitrogen and oxygen atoms in total. The molecule has 2 aromatic carbocycles. The first-order chi connectivity index (χ1) is 13.5. The summed E-state index contributed by atoms with van der Waals surface area (Å²) in [7, 11) is -3.88. The van der Waals surface area contributed by atoms with Crippen LogP contribution in [0.2, 0.25) is 0 Å². The maximum atomic E-state index is 13.3. The molecule has 0 spiro atoms. The molecule has 1 fully saturated rings. The first-order valence-electron chi connectivity index (χ1n) is 9.34. The van der Waals surface area contributed by atoms with Crippen LogP contribution in [-0.4, -0.2) is 37.2 Å². The fourth-order valence-electron chi connectivity index (χ4n) is 3.59. The van der Waals surface area contributed by atoms with Gasteiger partial charge in [0.15, 0.2) is 9.84 Å². The third kappa shape index (κ3) is 4.05. The summed E-state index contributed by atoms with van der Waals surface area (Å²) in [5, 5.41) is 1.43. The fourth-order valence-corrected chi connectivity index (χ4v) is 5.86. The Morgan fingerprint density at radius 3 is 2.17 bits per heavy atom. The van der Waals surface area contributed by atoms with Crippen LogP contribution >= 0.6 is 0 Å². The van der Waals surface area contributed by atoms with Crippen molar-refractivity contribution in [2.24, 2.45) is 0 Å². The number of hydrogen-bond donors (Lipinski definition) is 1. The lowest BCUT2D eigenvalue weighted by molar-refractivity contribution is -0.110. The third-order valence-electron chi connectivity index (χ3n) is 4.93. The zero-order valence-electron chi connectivity index (χ0n) is 16.9. The minimum absolute atomic E-state index is 0.108. The molecule has 1 amide bonds. The van der Waals surface area contributed by atoms with Crippen LogP contribution in [0.4, 0.5) is 4.79 Å². The number of carbonyl (C=O) groups excluding carboxylic acids is 2. The number of sulfone groups is 1. The van der Waals surface area contributed by atoms with Crippen molar-refractivity contribution < 1.29 is 22.7 Å². The second kappa shape index (κ2) is 7.30. The van der Waals surface area contributed by atoms with Gasteiger partial charge >= 0.3 is 6.09 Å². The summed E-state index contributed by atoms with van der Waals surface area (Å²) in [6, 6.07) is 15.2. The minimum Gasteiger partial charge on any atom is -0.444 e. The first kappa shape index (κ1) is 21.0. The van der Waals surface area contributed by atoms with Gasteiger partial charge in [-0.05, 0) is 45.4 Å². The molecule has 7 heteroatoms. The molecule has 154 valence electrons. The van der Waals surface area contributed by atoms with Crippen molar-refractivity contribution in [3.05, 3.63) is 65.7 Å². The van der Waals surface area contributed by atoms with Crippen molar-refractivity contribution in [2.75, 3.05) is 0 Å². The van der Waals surface area contributed by atoms with Crippen molar-refractivity contribution in [3.63, 3.8) is 0 Å². The summed E-state index contributed by atoms with van der Waals surface area (Å²) in [4.78, 5) is 24.7. The third-order valence-corrected chi connectivity index (χ3v) is 7.19. The lowest BCUT2D eigenvalue weighted by atomic mass is 10.1. The molecular formula is C22H25NO5S. The predicted molar refractivity (Wildman–Crippen MR) is 110 cm³/mol. The van der Waals surface area contributed by atoms with Crippen molar-refractivity contribution in [1.29, 1.82) is 0 Å². The summed E-state index contributed by atoms with van der Waals surface area (Å²) in [5.41, 5.74) is -0.695. The Bertz CT molecular complexity index is 1010. The van der Waals surface area contributed by atoms with E-state index in [-0.39, 0.29) is 4.90 Å². The molecule has 0 saturated heterocycles. The molecule has 0 radical (unpaired) electrons. The van der Waals surface area contributed by atoms with E-state index < -0.39 is 38.2 Å². The average Bonchev–Trinajstić information content (AvgIpc) is 3.31. The zero-order valence-corrected chi connectivity index (χ0v) is 17.7. The van der Waals surface area contributed by atoms with Gasteiger partial charge in [0.05, 0.1) is 4.90 Å². The predicted octanol–water partition coefficient (Wildman–Crippen LogP) is 3.40. The average molecular weight is 416 g/mol. The monoisotopic (exact) mass is 415 g/mol. The van der Waals surface area contributed by atoms with E-state index in [1.165, 1.54) is 12.1 Å². The van der Waals surface area contributed by atoms with Crippen molar-refractivity contribution in [2.45, 2.75) is 54.9 Å². The molecule has 0 bridgehead atoms. The Kier molecular flexibility index (Phi) is 5.30. The largest absolute Gasteiger partial charge is 0.444 e. The Morgan fingerprint density at radius 2 is 1.66 bits per heavy atom. The van der Waals surface area contributed by atoms with Gasteiger partial charge < -0.3 is 14.8 Å². The van der Waals surface area contributed by atoms with Gasteiger partial charge in [0.25, 0.3) is 0 Å². The molecular weight excluding hydrogens is 390 g/mol. The maximum absolute atomic E-state index is 13.3. The number of nitrogens with one attached hydrogen (secondary N) is 1. The highest BCUT2D eigenvalue weighted by Crippen LogP contribution is 2.56. The number of alkyl carbamates (subject to hydrolysis) is 1. The van der Waals surface area contributed by atoms with E-state index in [1.54, 1.807) is 51.1 Å². The van der Waals surface area contributed by atoms with E-state index >= 15 is 0 Å². The minimum atomic E-state index is -3.88. The highest BCUT2D eigenvalue weighted by Gasteiger charge is 2.73. The number of ether oxygens (including phenoxy) is 1. The van der Waals surface area contributed by atoms with E-state index in [0.717, 1.165) is 5.56 Å². The van der Waals surface area contributed by atoms with Gasteiger partial charge in [-0.25, -0.2) is 13.2 Å². The van der Waals surface area contributed by atoms with Gasteiger partial charge in [-0.1, -0.05) is 48.0 Å². The lowest BCUT2D eigenvalue weighted by Crippen LogP contribution is -2.45. The Morgan fingerprint density at radius 1 is 1.07 bits per heavy atom. The molecule has 1 saturated carbocycles. The summed E-state index contributed by atoms with van der Waals surface area (Å²) in [6.45, 7) is 7.01. The molecule has 3 atom stereocenters. The number of amides is 1. The fraction of sp³-hybridized carbons (Fsp3) is 0.364. The molecule has 2 aromatic rings.